The summed E-state index contributed by atoms with van der Waals surface area (Å²) in [5.74, 6) is -1.19. The van der Waals surface area contributed by atoms with Gasteiger partial charge in [-0.1, -0.05) is 60.1 Å². The van der Waals surface area contributed by atoms with Crippen molar-refractivity contribution >= 4 is 39.4 Å². The standard InChI is InChI=1S/C27H28BrClN2O7/c1-16(26(33)31-36-2)38-23-12-24(21(29)11-19(23)13-30-22(14-32)27(34)35)37-15-18-9-6-10-20(25(18)28)17-7-4-3-5-8-17/h3-12,16,22,30,32H,13-15H2,1-2H3,(H,31,33)(H,34,35). The Morgan fingerprint density at radius 3 is 2.45 bits per heavy atom. The van der Waals surface area contributed by atoms with E-state index in [0.717, 1.165) is 21.2 Å². The van der Waals surface area contributed by atoms with Crippen LogP contribution in [-0.4, -0.2) is 48.0 Å². The maximum Gasteiger partial charge on any atom is 0.323 e. The highest BCUT2D eigenvalue weighted by Crippen LogP contribution is 2.36. The number of carbonyl (C=O) groups is 2. The summed E-state index contributed by atoms with van der Waals surface area (Å²) in [6, 6.07) is 17.7. The van der Waals surface area contributed by atoms with Crippen molar-refractivity contribution in [2.24, 2.45) is 0 Å². The second-order valence-electron chi connectivity index (χ2n) is 8.21. The third kappa shape index (κ3) is 7.68. The number of aliphatic carboxylic acids is 1. The lowest BCUT2D eigenvalue weighted by Crippen LogP contribution is -2.39. The Hall–Kier alpha value is -3.15. The Morgan fingerprint density at radius 1 is 1.05 bits per heavy atom. The van der Waals surface area contributed by atoms with Gasteiger partial charge in [-0.05, 0) is 40.0 Å². The molecule has 0 aliphatic carbocycles. The monoisotopic (exact) mass is 606 g/mol. The smallest absolute Gasteiger partial charge is 0.323 e. The highest BCUT2D eigenvalue weighted by atomic mass is 79.9. The van der Waals surface area contributed by atoms with E-state index in [2.05, 4.69) is 31.6 Å². The van der Waals surface area contributed by atoms with Gasteiger partial charge in [0.05, 0.1) is 18.7 Å². The molecule has 0 spiro atoms. The van der Waals surface area contributed by atoms with Crippen LogP contribution in [0.4, 0.5) is 0 Å². The molecule has 0 aliphatic rings. The lowest BCUT2D eigenvalue weighted by atomic mass is 10.0. The topological polar surface area (TPSA) is 126 Å². The van der Waals surface area contributed by atoms with Crippen LogP contribution in [0.5, 0.6) is 11.5 Å². The van der Waals surface area contributed by atoms with Gasteiger partial charge in [0.1, 0.15) is 24.1 Å². The summed E-state index contributed by atoms with van der Waals surface area (Å²) >= 11 is 10.2. The lowest BCUT2D eigenvalue weighted by molar-refractivity contribution is -0.140. The first kappa shape index (κ1) is 29.4. The molecule has 3 aromatic carbocycles. The van der Waals surface area contributed by atoms with Crippen molar-refractivity contribution in [3.63, 3.8) is 0 Å². The Labute approximate surface area is 233 Å². The van der Waals surface area contributed by atoms with Gasteiger partial charge in [0, 0.05) is 28.2 Å². The molecule has 3 rings (SSSR count). The molecule has 9 nitrogen and oxygen atoms in total. The van der Waals surface area contributed by atoms with Crippen LogP contribution in [0.25, 0.3) is 11.1 Å². The number of carbonyl (C=O) groups excluding carboxylic acids is 1. The molecule has 1 amide bonds. The Morgan fingerprint density at radius 2 is 1.79 bits per heavy atom. The first-order chi connectivity index (χ1) is 18.2. The number of hydrogen-bond donors (Lipinski definition) is 4. The van der Waals surface area contributed by atoms with Crippen LogP contribution < -0.4 is 20.3 Å². The van der Waals surface area contributed by atoms with Crippen molar-refractivity contribution < 1.29 is 34.1 Å². The summed E-state index contributed by atoms with van der Waals surface area (Å²) in [5, 5.41) is 21.5. The predicted octanol–water partition coefficient (Wildman–Crippen LogP) is 4.33. The number of rotatable bonds is 13. The van der Waals surface area contributed by atoms with E-state index >= 15 is 0 Å². The number of hydrogen-bond acceptors (Lipinski definition) is 7. The van der Waals surface area contributed by atoms with E-state index in [1.54, 1.807) is 12.1 Å². The van der Waals surface area contributed by atoms with Crippen LogP contribution in [0.2, 0.25) is 5.02 Å². The average molecular weight is 608 g/mol. The number of aliphatic hydroxyl groups is 1. The van der Waals surface area contributed by atoms with Gasteiger partial charge in [-0.3, -0.25) is 19.7 Å². The molecule has 0 aliphatic heterocycles. The molecule has 2 unspecified atom stereocenters. The third-order valence-corrected chi connectivity index (χ3v) is 6.79. The molecule has 4 N–H and O–H groups in total. The van der Waals surface area contributed by atoms with Gasteiger partial charge >= 0.3 is 5.97 Å². The van der Waals surface area contributed by atoms with Crippen LogP contribution >= 0.6 is 27.5 Å². The van der Waals surface area contributed by atoms with E-state index in [1.165, 1.54) is 14.0 Å². The summed E-state index contributed by atoms with van der Waals surface area (Å²) in [6.07, 6.45) is -0.951. The number of halogens is 2. The van der Waals surface area contributed by atoms with Gasteiger partial charge in [0.2, 0.25) is 0 Å². The predicted molar refractivity (Wildman–Crippen MR) is 146 cm³/mol. The zero-order valence-electron chi connectivity index (χ0n) is 20.7. The summed E-state index contributed by atoms with van der Waals surface area (Å²) in [4.78, 5) is 28.1. The van der Waals surface area contributed by atoms with E-state index in [9.17, 15) is 19.8 Å². The molecule has 0 heterocycles. The zero-order valence-corrected chi connectivity index (χ0v) is 23.1. The largest absolute Gasteiger partial charge is 0.487 e. The normalized spacial score (nSPS) is 12.4. The third-order valence-electron chi connectivity index (χ3n) is 5.56. The van der Waals surface area contributed by atoms with Gasteiger partial charge in [0.15, 0.2) is 6.10 Å². The summed E-state index contributed by atoms with van der Waals surface area (Å²) in [7, 11) is 1.31. The summed E-state index contributed by atoms with van der Waals surface area (Å²) < 4.78 is 12.8. The molecular weight excluding hydrogens is 580 g/mol. The van der Waals surface area contributed by atoms with Gasteiger partial charge in [-0.2, -0.15) is 0 Å². The van der Waals surface area contributed by atoms with Crippen LogP contribution in [0, 0.1) is 0 Å². The molecule has 202 valence electrons. The molecule has 0 aromatic heterocycles. The lowest BCUT2D eigenvalue weighted by Gasteiger charge is -2.20. The minimum Gasteiger partial charge on any atom is -0.487 e. The number of amides is 1. The van der Waals surface area contributed by atoms with Crippen LogP contribution in [-0.2, 0) is 27.6 Å². The summed E-state index contributed by atoms with van der Waals surface area (Å²) in [5.41, 5.74) is 5.62. The quantitative estimate of drug-likeness (QED) is 0.212. The fourth-order valence-electron chi connectivity index (χ4n) is 3.51. The number of hydroxylamine groups is 1. The Balaban J connectivity index is 1.86. The van der Waals surface area contributed by atoms with Crippen LogP contribution in [0.1, 0.15) is 18.1 Å². The van der Waals surface area contributed by atoms with E-state index in [0.29, 0.717) is 11.3 Å². The SMILES string of the molecule is CONC(=O)C(C)Oc1cc(OCc2cccc(-c3ccccc3)c2Br)c(Cl)cc1CNC(CO)C(=O)O. The number of benzene rings is 3. The van der Waals surface area contributed by atoms with Crippen molar-refractivity contribution in [3.8, 4) is 22.6 Å². The molecule has 38 heavy (non-hydrogen) atoms. The second kappa shape index (κ2) is 14.1. The Bertz CT molecular complexity index is 1260. The number of aliphatic hydroxyl groups excluding tert-OH is 1. The first-order valence-corrected chi connectivity index (χ1v) is 12.8. The van der Waals surface area contributed by atoms with Crippen molar-refractivity contribution in [1.82, 2.24) is 10.8 Å². The highest BCUT2D eigenvalue weighted by Gasteiger charge is 2.21. The fourth-order valence-corrected chi connectivity index (χ4v) is 4.36. The fraction of sp³-hybridized carbons (Fsp3) is 0.259. The average Bonchev–Trinajstić information content (AvgIpc) is 2.90. The molecule has 0 bridgehead atoms. The van der Waals surface area contributed by atoms with Crippen molar-refractivity contribution in [3.05, 3.63) is 81.3 Å². The van der Waals surface area contributed by atoms with Gasteiger partial charge in [0.25, 0.3) is 5.91 Å². The minimum absolute atomic E-state index is 0.00382. The van der Waals surface area contributed by atoms with Crippen molar-refractivity contribution in [1.29, 1.82) is 0 Å². The van der Waals surface area contributed by atoms with Crippen molar-refractivity contribution in [2.45, 2.75) is 32.2 Å². The molecular formula is C27H28BrClN2O7. The van der Waals surface area contributed by atoms with Gasteiger partial charge in [-0.15, -0.1) is 0 Å². The van der Waals surface area contributed by atoms with E-state index in [-0.39, 0.29) is 23.9 Å². The molecule has 11 heteroatoms. The van der Waals surface area contributed by atoms with Gasteiger partial charge in [-0.25, -0.2) is 5.48 Å². The summed E-state index contributed by atoms with van der Waals surface area (Å²) in [6.45, 7) is 1.10. The molecule has 0 saturated carbocycles. The molecule has 0 saturated heterocycles. The van der Waals surface area contributed by atoms with E-state index in [4.69, 9.17) is 21.1 Å². The van der Waals surface area contributed by atoms with E-state index < -0.39 is 30.6 Å². The first-order valence-electron chi connectivity index (χ1n) is 11.6. The minimum atomic E-state index is -1.21. The van der Waals surface area contributed by atoms with Crippen LogP contribution in [0.3, 0.4) is 0 Å². The van der Waals surface area contributed by atoms with Crippen molar-refractivity contribution in [2.75, 3.05) is 13.7 Å². The molecule has 3 aromatic rings. The number of ether oxygens (including phenoxy) is 2. The number of carboxylic acid groups (broad SMARTS) is 1. The molecule has 0 fully saturated rings. The highest BCUT2D eigenvalue weighted by molar-refractivity contribution is 9.10. The maximum absolute atomic E-state index is 12.2. The maximum atomic E-state index is 12.2. The Kier molecular flexibility index (Phi) is 10.9. The number of carboxylic acids is 1. The van der Waals surface area contributed by atoms with Gasteiger partial charge < -0.3 is 19.7 Å². The van der Waals surface area contributed by atoms with E-state index in [1.807, 2.05) is 48.5 Å². The zero-order chi connectivity index (χ0) is 27.7. The molecule has 2 atom stereocenters. The van der Waals surface area contributed by atoms with Crippen LogP contribution in [0.15, 0.2) is 65.1 Å². The number of nitrogens with one attached hydrogen (secondary N) is 2. The second-order valence-corrected chi connectivity index (χ2v) is 9.41. The molecule has 0 radical (unpaired) electrons.